The zero-order chi connectivity index (χ0) is 20.3. The second kappa shape index (κ2) is 8.15. The second-order valence-electron chi connectivity index (χ2n) is 6.53. The molecular weight excluding hydrogens is 389 g/mol. The molecule has 1 aromatic heterocycles. The van der Waals surface area contributed by atoms with Crippen LogP contribution in [0.25, 0.3) is 0 Å². The Morgan fingerprint density at radius 3 is 2.61 bits per heavy atom. The zero-order valence-corrected chi connectivity index (χ0v) is 16.4. The van der Waals surface area contributed by atoms with E-state index in [4.69, 9.17) is 4.74 Å². The van der Waals surface area contributed by atoms with Crippen LogP contribution in [-0.2, 0) is 16.6 Å². The van der Waals surface area contributed by atoms with Crippen LogP contribution in [0.5, 0.6) is 5.75 Å². The van der Waals surface area contributed by atoms with Gasteiger partial charge in [-0.1, -0.05) is 6.07 Å². The minimum absolute atomic E-state index is 0.0970. The molecule has 1 aliphatic rings. The number of halogens is 1. The van der Waals surface area contributed by atoms with Crippen molar-refractivity contribution in [1.29, 1.82) is 0 Å². The van der Waals surface area contributed by atoms with E-state index in [0.29, 0.717) is 32.7 Å². The number of carbonyl (C=O) groups is 1. The number of amides is 1. The molecule has 3 rings (SSSR count). The first kappa shape index (κ1) is 20.1. The number of nitrogens with zero attached hydrogens (tertiary/aromatic N) is 4. The van der Waals surface area contributed by atoms with Gasteiger partial charge in [-0.2, -0.15) is 4.68 Å². The van der Waals surface area contributed by atoms with Crippen LogP contribution in [-0.4, -0.2) is 73.6 Å². The molecular formula is C17H22FN5O4S. The number of sulfonamides is 1. The van der Waals surface area contributed by atoms with Crippen LogP contribution >= 0.6 is 0 Å². The maximum absolute atomic E-state index is 13.5. The number of anilines is 1. The van der Waals surface area contributed by atoms with Crippen LogP contribution in [0.15, 0.2) is 30.5 Å². The van der Waals surface area contributed by atoms with E-state index in [0.717, 1.165) is 16.5 Å². The Bertz CT molecular complexity index is 954. The molecule has 0 spiro atoms. The number of carbonyl (C=O) groups excluding carboxylic acids is 1. The van der Waals surface area contributed by atoms with Crippen molar-refractivity contribution in [3.05, 3.63) is 41.8 Å². The van der Waals surface area contributed by atoms with E-state index in [-0.39, 0.29) is 17.6 Å². The second-order valence-corrected chi connectivity index (χ2v) is 8.28. The summed E-state index contributed by atoms with van der Waals surface area (Å²) in [5.41, 5.74) is 0.932. The lowest BCUT2D eigenvalue weighted by molar-refractivity contribution is 0.134. The molecule has 0 atom stereocenters. The lowest BCUT2D eigenvalue weighted by atomic mass is 10.2. The predicted molar refractivity (Wildman–Crippen MR) is 101 cm³/mol. The quantitative estimate of drug-likeness (QED) is 0.794. The summed E-state index contributed by atoms with van der Waals surface area (Å²) in [5, 5.41) is 3.96. The number of piperazine rings is 1. The van der Waals surface area contributed by atoms with Crippen LogP contribution in [0.2, 0.25) is 0 Å². The maximum Gasteiger partial charge on any atom is 0.344 e. The molecule has 1 N–H and O–H groups in total. The van der Waals surface area contributed by atoms with Gasteiger partial charge in [0.1, 0.15) is 0 Å². The molecule has 1 fully saturated rings. The van der Waals surface area contributed by atoms with Crippen molar-refractivity contribution in [2.24, 2.45) is 0 Å². The Balaban J connectivity index is 1.55. The lowest BCUT2D eigenvalue weighted by Gasteiger charge is -2.34. The Morgan fingerprint density at radius 2 is 1.96 bits per heavy atom. The van der Waals surface area contributed by atoms with Crippen molar-refractivity contribution in [1.82, 2.24) is 19.6 Å². The number of rotatable bonds is 5. The number of hydrogen-bond donors (Lipinski definition) is 1. The molecule has 152 valence electrons. The number of methoxy groups -OCH3 is 1. The Kier molecular flexibility index (Phi) is 5.84. The smallest absolute Gasteiger partial charge is 0.344 e. The van der Waals surface area contributed by atoms with Gasteiger partial charge in [0.2, 0.25) is 10.0 Å². The fraction of sp³-hybridized carbons (Fsp3) is 0.412. The van der Waals surface area contributed by atoms with Gasteiger partial charge >= 0.3 is 6.03 Å². The molecule has 9 nitrogen and oxygen atoms in total. The SMILES string of the molecule is COc1cc(CN2CCN(C(=O)n3ccc(NS(C)(=O)=O)n3)CC2)ccc1F. The lowest BCUT2D eigenvalue weighted by Crippen LogP contribution is -2.49. The van der Waals surface area contributed by atoms with Gasteiger partial charge in [0.05, 0.1) is 13.4 Å². The Labute approximate surface area is 162 Å². The van der Waals surface area contributed by atoms with E-state index in [9.17, 15) is 17.6 Å². The predicted octanol–water partition coefficient (Wildman–Crippen LogP) is 1.19. The highest BCUT2D eigenvalue weighted by atomic mass is 32.2. The number of nitrogens with one attached hydrogen (secondary N) is 1. The molecule has 0 bridgehead atoms. The van der Waals surface area contributed by atoms with Crippen molar-refractivity contribution in [2.75, 3.05) is 44.3 Å². The van der Waals surface area contributed by atoms with Gasteiger partial charge < -0.3 is 9.64 Å². The van der Waals surface area contributed by atoms with Gasteiger partial charge in [0.25, 0.3) is 0 Å². The van der Waals surface area contributed by atoms with Gasteiger partial charge in [-0.25, -0.2) is 17.6 Å². The van der Waals surface area contributed by atoms with Crippen molar-refractivity contribution in [2.45, 2.75) is 6.54 Å². The molecule has 28 heavy (non-hydrogen) atoms. The maximum atomic E-state index is 13.5. The summed E-state index contributed by atoms with van der Waals surface area (Å²) in [6.07, 6.45) is 2.44. The Morgan fingerprint density at radius 1 is 1.25 bits per heavy atom. The van der Waals surface area contributed by atoms with E-state index >= 15 is 0 Å². The first-order valence-electron chi connectivity index (χ1n) is 8.62. The largest absolute Gasteiger partial charge is 0.494 e. The molecule has 1 saturated heterocycles. The van der Waals surface area contributed by atoms with Crippen LogP contribution in [0, 0.1) is 5.82 Å². The van der Waals surface area contributed by atoms with Crippen molar-refractivity contribution < 1.29 is 22.3 Å². The third kappa shape index (κ3) is 4.98. The molecule has 0 unspecified atom stereocenters. The number of benzene rings is 1. The standard InChI is InChI=1S/C17H22FN5O4S/c1-27-15-11-13(3-4-14(15)18)12-21-7-9-22(10-8-21)17(24)23-6-5-16(19-23)20-28(2,25)26/h3-6,11H,7-10,12H2,1-2H3,(H,19,20). The van der Waals surface area contributed by atoms with E-state index in [1.165, 1.54) is 25.4 Å². The first-order valence-corrected chi connectivity index (χ1v) is 10.5. The van der Waals surface area contributed by atoms with E-state index in [1.807, 2.05) is 0 Å². The third-order valence-corrected chi connectivity index (χ3v) is 4.92. The van der Waals surface area contributed by atoms with Crippen molar-refractivity contribution >= 4 is 21.9 Å². The van der Waals surface area contributed by atoms with Gasteiger partial charge in [-0.3, -0.25) is 9.62 Å². The van der Waals surface area contributed by atoms with Crippen molar-refractivity contribution in [3.63, 3.8) is 0 Å². The fourth-order valence-electron chi connectivity index (χ4n) is 2.98. The highest BCUT2D eigenvalue weighted by Crippen LogP contribution is 2.20. The van der Waals surface area contributed by atoms with Gasteiger partial charge in [0, 0.05) is 45.0 Å². The van der Waals surface area contributed by atoms with Crippen molar-refractivity contribution in [3.8, 4) is 5.75 Å². The van der Waals surface area contributed by atoms with E-state index in [1.54, 1.807) is 17.0 Å². The van der Waals surface area contributed by atoms with Crippen LogP contribution in [0.4, 0.5) is 15.0 Å². The summed E-state index contributed by atoms with van der Waals surface area (Å²) < 4.78 is 44.3. The molecule has 11 heteroatoms. The molecule has 0 aliphatic carbocycles. The summed E-state index contributed by atoms with van der Waals surface area (Å²) in [5.74, 6) is -0.0890. The molecule has 0 radical (unpaired) electrons. The monoisotopic (exact) mass is 411 g/mol. The van der Waals surface area contributed by atoms with E-state index < -0.39 is 15.8 Å². The zero-order valence-electron chi connectivity index (χ0n) is 15.6. The first-order chi connectivity index (χ1) is 13.2. The van der Waals surface area contributed by atoms with E-state index in [2.05, 4.69) is 14.7 Å². The van der Waals surface area contributed by atoms with Gasteiger partial charge in [-0.05, 0) is 17.7 Å². The highest BCUT2D eigenvalue weighted by Gasteiger charge is 2.23. The third-order valence-electron chi connectivity index (χ3n) is 4.34. The summed E-state index contributed by atoms with van der Waals surface area (Å²) in [4.78, 5) is 16.4. The minimum atomic E-state index is -3.45. The Hall–Kier alpha value is -2.66. The van der Waals surface area contributed by atoms with Gasteiger partial charge in [-0.15, -0.1) is 5.10 Å². The van der Waals surface area contributed by atoms with Gasteiger partial charge in [0.15, 0.2) is 17.4 Å². The average Bonchev–Trinajstić information content (AvgIpc) is 3.10. The molecule has 0 saturated carbocycles. The molecule has 2 heterocycles. The highest BCUT2D eigenvalue weighted by molar-refractivity contribution is 7.92. The average molecular weight is 411 g/mol. The summed E-state index contributed by atoms with van der Waals surface area (Å²) in [7, 11) is -2.02. The summed E-state index contributed by atoms with van der Waals surface area (Å²) >= 11 is 0. The minimum Gasteiger partial charge on any atom is -0.494 e. The molecule has 2 aromatic rings. The summed E-state index contributed by atoms with van der Waals surface area (Å²) in [6.45, 7) is 2.95. The van der Waals surface area contributed by atoms with Crippen LogP contribution in [0.1, 0.15) is 5.56 Å². The van der Waals surface area contributed by atoms with Crippen LogP contribution < -0.4 is 9.46 Å². The molecule has 1 aromatic carbocycles. The topological polar surface area (TPSA) is 96.8 Å². The molecule has 1 aliphatic heterocycles. The van der Waals surface area contributed by atoms with Crippen LogP contribution in [0.3, 0.4) is 0 Å². The number of ether oxygens (including phenoxy) is 1. The fourth-order valence-corrected chi connectivity index (χ4v) is 3.47. The summed E-state index contributed by atoms with van der Waals surface area (Å²) in [6, 6.07) is 5.89. The number of hydrogen-bond acceptors (Lipinski definition) is 6. The normalized spacial score (nSPS) is 15.5. The number of aromatic nitrogens is 2. The molecule has 1 amide bonds.